The van der Waals surface area contributed by atoms with Crippen molar-refractivity contribution >= 4 is 39.5 Å². The molecule has 0 spiro atoms. The van der Waals surface area contributed by atoms with E-state index in [-0.39, 0.29) is 0 Å². The number of H-pyrrole nitrogens is 1. The van der Waals surface area contributed by atoms with Crippen LogP contribution in [0, 0.1) is 3.57 Å². The molecule has 3 N–H and O–H groups in total. The molecular weight excluding hydrogens is 353 g/mol. The van der Waals surface area contributed by atoms with Crippen molar-refractivity contribution in [2.45, 2.75) is 0 Å². The van der Waals surface area contributed by atoms with Gasteiger partial charge in [-0.1, -0.05) is 12.1 Å². The van der Waals surface area contributed by atoms with Gasteiger partial charge in [0, 0.05) is 14.7 Å². The van der Waals surface area contributed by atoms with E-state index in [0.29, 0.717) is 5.56 Å². The standard InChI is InChI=1S/C14H10IN3O/c15-10-4-1-8(2-5-10)14-17-11-6-3-9(13(16)19)7-12(11)18-14/h1-7H,(H2,16,19)(H,17,18). The first-order valence-corrected chi connectivity index (χ1v) is 6.77. The van der Waals surface area contributed by atoms with E-state index in [1.165, 1.54) is 3.57 Å². The number of primary amides is 1. The summed E-state index contributed by atoms with van der Waals surface area (Å²) in [4.78, 5) is 18.9. The molecule has 0 saturated heterocycles. The summed E-state index contributed by atoms with van der Waals surface area (Å²) < 4.78 is 1.17. The van der Waals surface area contributed by atoms with Crippen LogP contribution in [0.25, 0.3) is 22.4 Å². The van der Waals surface area contributed by atoms with E-state index in [1.54, 1.807) is 18.2 Å². The fourth-order valence-electron chi connectivity index (χ4n) is 1.91. The third kappa shape index (κ3) is 2.33. The molecule has 1 heterocycles. The summed E-state index contributed by atoms with van der Waals surface area (Å²) in [5.41, 5.74) is 8.38. The lowest BCUT2D eigenvalue weighted by atomic mass is 10.2. The number of aromatic amines is 1. The Morgan fingerprint density at radius 1 is 1.16 bits per heavy atom. The maximum absolute atomic E-state index is 11.1. The molecule has 4 nitrogen and oxygen atoms in total. The minimum atomic E-state index is -0.438. The number of amides is 1. The average molecular weight is 363 g/mol. The van der Waals surface area contributed by atoms with Gasteiger partial charge in [-0.25, -0.2) is 4.98 Å². The lowest BCUT2D eigenvalue weighted by molar-refractivity contribution is 0.100. The van der Waals surface area contributed by atoms with Crippen molar-refractivity contribution < 1.29 is 4.79 Å². The van der Waals surface area contributed by atoms with E-state index < -0.39 is 5.91 Å². The Bertz CT molecular complexity index is 762. The van der Waals surface area contributed by atoms with Gasteiger partial charge in [-0.15, -0.1) is 0 Å². The topological polar surface area (TPSA) is 71.8 Å². The van der Waals surface area contributed by atoms with Crippen LogP contribution in [0.3, 0.4) is 0 Å². The molecule has 3 aromatic rings. The number of fused-ring (bicyclic) bond motifs is 1. The zero-order valence-corrected chi connectivity index (χ0v) is 12.0. The maximum Gasteiger partial charge on any atom is 0.248 e. The molecule has 0 atom stereocenters. The van der Waals surface area contributed by atoms with Gasteiger partial charge in [0.15, 0.2) is 0 Å². The molecule has 1 aromatic heterocycles. The SMILES string of the molecule is NC(=O)c1ccc2nc(-c3ccc(I)cc3)[nH]c2c1. The molecule has 0 unspecified atom stereocenters. The van der Waals surface area contributed by atoms with Crippen LogP contribution in [0.4, 0.5) is 0 Å². The predicted molar refractivity (Wildman–Crippen MR) is 82.8 cm³/mol. The normalized spacial score (nSPS) is 10.8. The summed E-state index contributed by atoms with van der Waals surface area (Å²) in [7, 11) is 0. The zero-order valence-electron chi connectivity index (χ0n) is 9.85. The quantitative estimate of drug-likeness (QED) is 0.688. The fraction of sp³-hybridized carbons (Fsp3) is 0. The number of benzene rings is 2. The molecule has 2 aromatic carbocycles. The first kappa shape index (κ1) is 12.2. The smallest absolute Gasteiger partial charge is 0.248 e. The number of carbonyl (C=O) groups is 1. The number of hydrogen-bond donors (Lipinski definition) is 2. The predicted octanol–water partition coefficient (Wildman–Crippen LogP) is 2.93. The van der Waals surface area contributed by atoms with E-state index in [4.69, 9.17) is 5.73 Å². The highest BCUT2D eigenvalue weighted by Crippen LogP contribution is 2.22. The van der Waals surface area contributed by atoms with Crippen molar-refractivity contribution in [1.82, 2.24) is 9.97 Å². The molecule has 0 aliphatic carbocycles. The summed E-state index contributed by atoms with van der Waals surface area (Å²) in [6, 6.07) is 13.3. The number of hydrogen-bond acceptors (Lipinski definition) is 2. The van der Waals surface area contributed by atoms with Gasteiger partial charge in [0.05, 0.1) is 11.0 Å². The van der Waals surface area contributed by atoms with Crippen LogP contribution in [0.5, 0.6) is 0 Å². The minimum absolute atomic E-state index is 0.438. The number of imidazole rings is 1. The van der Waals surface area contributed by atoms with Crippen molar-refractivity contribution in [2.75, 3.05) is 0 Å². The summed E-state index contributed by atoms with van der Waals surface area (Å²) in [5, 5.41) is 0. The van der Waals surface area contributed by atoms with Crippen LogP contribution in [-0.4, -0.2) is 15.9 Å². The summed E-state index contributed by atoms with van der Waals surface area (Å²) in [6.45, 7) is 0. The summed E-state index contributed by atoms with van der Waals surface area (Å²) >= 11 is 2.26. The zero-order chi connectivity index (χ0) is 13.4. The third-order valence-corrected chi connectivity index (χ3v) is 3.60. The molecule has 1 amide bonds. The van der Waals surface area contributed by atoms with E-state index in [0.717, 1.165) is 22.4 Å². The van der Waals surface area contributed by atoms with E-state index in [9.17, 15) is 4.79 Å². The number of carbonyl (C=O) groups excluding carboxylic acids is 1. The summed E-state index contributed by atoms with van der Waals surface area (Å²) in [5.74, 6) is 0.348. The lowest BCUT2D eigenvalue weighted by Gasteiger charge is -1.95. The molecule has 0 bridgehead atoms. The molecule has 0 aliphatic rings. The molecule has 19 heavy (non-hydrogen) atoms. The Morgan fingerprint density at radius 3 is 2.58 bits per heavy atom. The van der Waals surface area contributed by atoms with Crippen molar-refractivity contribution in [3.05, 3.63) is 51.6 Å². The Kier molecular flexibility index (Phi) is 2.98. The van der Waals surface area contributed by atoms with Crippen LogP contribution >= 0.6 is 22.6 Å². The number of rotatable bonds is 2. The second-order valence-corrected chi connectivity index (χ2v) is 5.43. The summed E-state index contributed by atoms with van der Waals surface area (Å²) in [6.07, 6.45) is 0. The molecule has 0 fully saturated rings. The average Bonchev–Trinajstić information content (AvgIpc) is 2.82. The molecule has 0 saturated carbocycles. The van der Waals surface area contributed by atoms with Crippen molar-refractivity contribution in [1.29, 1.82) is 0 Å². The Morgan fingerprint density at radius 2 is 1.89 bits per heavy atom. The first-order chi connectivity index (χ1) is 9.13. The van der Waals surface area contributed by atoms with E-state index in [2.05, 4.69) is 32.6 Å². The maximum atomic E-state index is 11.1. The van der Waals surface area contributed by atoms with Gasteiger partial charge in [0.1, 0.15) is 5.82 Å². The van der Waals surface area contributed by atoms with Gasteiger partial charge < -0.3 is 10.7 Å². The molecule has 94 valence electrons. The van der Waals surface area contributed by atoms with Crippen LogP contribution < -0.4 is 5.73 Å². The van der Waals surface area contributed by atoms with Gasteiger partial charge in [-0.05, 0) is 52.9 Å². The number of nitrogens with one attached hydrogen (secondary N) is 1. The number of nitrogens with zero attached hydrogens (tertiary/aromatic N) is 1. The second-order valence-electron chi connectivity index (χ2n) is 4.19. The second kappa shape index (κ2) is 4.65. The molecular formula is C14H10IN3O. The highest BCUT2D eigenvalue weighted by Gasteiger charge is 2.07. The van der Waals surface area contributed by atoms with E-state index >= 15 is 0 Å². The lowest BCUT2D eigenvalue weighted by Crippen LogP contribution is -2.10. The molecule has 5 heteroatoms. The van der Waals surface area contributed by atoms with Gasteiger partial charge in [0.25, 0.3) is 0 Å². The first-order valence-electron chi connectivity index (χ1n) is 5.69. The monoisotopic (exact) mass is 363 g/mol. The number of aromatic nitrogens is 2. The third-order valence-electron chi connectivity index (χ3n) is 2.88. The highest BCUT2D eigenvalue weighted by molar-refractivity contribution is 14.1. The molecule has 0 radical (unpaired) electrons. The van der Waals surface area contributed by atoms with Crippen LogP contribution in [0.2, 0.25) is 0 Å². The van der Waals surface area contributed by atoms with Gasteiger partial charge in [0.2, 0.25) is 5.91 Å². The Balaban J connectivity index is 2.11. The fourth-order valence-corrected chi connectivity index (χ4v) is 2.27. The Labute approximate surface area is 123 Å². The molecule has 3 rings (SSSR count). The van der Waals surface area contributed by atoms with Crippen molar-refractivity contribution in [3.63, 3.8) is 0 Å². The van der Waals surface area contributed by atoms with Crippen LogP contribution in [0.1, 0.15) is 10.4 Å². The van der Waals surface area contributed by atoms with Crippen molar-refractivity contribution in [3.8, 4) is 11.4 Å². The number of nitrogens with two attached hydrogens (primary N) is 1. The highest BCUT2D eigenvalue weighted by atomic mass is 127. The Hall–Kier alpha value is -1.89. The van der Waals surface area contributed by atoms with Gasteiger partial charge in [-0.2, -0.15) is 0 Å². The minimum Gasteiger partial charge on any atom is -0.366 e. The van der Waals surface area contributed by atoms with E-state index in [1.807, 2.05) is 24.3 Å². The van der Waals surface area contributed by atoms with Crippen LogP contribution in [0.15, 0.2) is 42.5 Å². The van der Waals surface area contributed by atoms with Gasteiger partial charge >= 0.3 is 0 Å². The largest absolute Gasteiger partial charge is 0.366 e. The number of halogens is 1. The van der Waals surface area contributed by atoms with Crippen molar-refractivity contribution in [2.24, 2.45) is 5.73 Å². The molecule has 0 aliphatic heterocycles. The van der Waals surface area contributed by atoms with Crippen LogP contribution in [-0.2, 0) is 0 Å². The van der Waals surface area contributed by atoms with Gasteiger partial charge in [-0.3, -0.25) is 4.79 Å².